The smallest absolute Gasteiger partial charge is 0.213 e. The van der Waals surface area contributed by atoms with Gasteiger partial charge in [-0.05, 0) is 56.6 Å². The Morgan fingerprint density at radius 2 is 2.14 bits per heavy atom. The topological polar surface area (TPSA) is 77.0 Å². The molecule has 0 amide bonds. The van der Waals surface area contributed by atoms with Crippen LogP contribution >= 0.6 is 0 Å². The molecule has 2 fully saturated rings. The third-order valence-electron chi connectivity index (χ3n) is 5.16. The molecule has 7 heteroatoms. The molecular formula is C21H34N4O3. The first kappa shape index (κ1) is 20.9. The number of hydrogen-bond donors (Lipinski definition) is 2. The maximum absolute atomic E-state index is 5.98. The minimum Gasteiger partial charge on any atom is -0.474 e. The average molecular weight is 391 g/mol. The Hall–Kier alpha value is -1.86. The van der Waals surface area contributed by atoms with E-state index in [-0.39, 0.29) is 0 Å². The number of pyridine rings is 1. The first-order chi connectivity index (χ1) is 13.8. The zero-order chi connectivity index (χ0) is 19.4. The highest BCUT2D eigenvalue weighted by molar-refractivity contribution is 5.79. The predicted molar refractivity (Wildman–Crippen MR) is 110 cm³/mol. The van der Waals surface area contributed by atoms with Gasteiger partial charge in [0.2, 0.25) is 5.88 Å². The van der Waals surface area contributed by atoms with E-state index in [1.807, 2.05) is 18.3 Å². The molecule has 28 heavy (non-hydrogen) atoms. The summed E-state index contributed by atoms with van der Waals surface area (Å²) in [5.41, 5.74) is 1.13. The van der Waals surface area contributed by atoms with Crippen molar-refractivity contribution in [2.75, 3.05) is 33.4 Å². The van der Waals surface area contributed by atoms with Crippen molar-refractivity contribution in [3.8, 4) is 5.88 Å². The second-order valence-corrected chi connectivity index (χ2v) is 7.44. The van der Waals surface area contributed by atoms with E-state index in [1.54, 1.807) is 7.05 Å². The van der Waals surface area contributed by atoms with Crippen LogP contribution in [-0.2, 0) is 16.0 Å². The Bertz CT molecular complexity index is 599. The number of hydrogen-bond acceptors (Lipinski definition) is 5. The average Bonchev–Trinajstić information content (AvgIpc) is 3.41. The molecule has 1 saturated heterocycles. The van der Waals surface area contributed by atoms with Crippen molar-refractivity contribution in [1.82, 2.24) is 15.6 Å². The van der Waals surface area contributed by atoms with E-state index in [0.717, 1.165) is 69.3 Å². The third-order valence-corrected chi connectivity index (χ3v) is 5.16. The van der Waals surface area contributed by atoms with E-state index >= 15 is 0 Å². The number of aliphatic imine (C=N–C) groups is 1. The molecule has 1 saturated carbocycles. The molecule has 0 radical (unpaired) electrons. The number of rotatable bonds is 10. The van der Waals surface area contributed by atoms with Gasteiger partial charge in [-0.15, -0.1) is 0 Å². The van der Waals surface area contributed by atoms with Gasteiger partial charge in [0, 0.05) is 45.6 Å². The van der Waals surface area contributed by atoms with E-state index in [9.17, 15) is 0 Å². The quantitative estimate of drug-likeness (QED) is 0.363. The monoisotopic (exact) mass is 390 g/mol. The summed E-state index contributed by atoms with van der Waals surface area (Å²) >= 11 is 0. The second-order valence-electron chi connectivity index (χ2n) is 7.44. The maximum Gasteiger partial charge on any atom is 0.213 e. The first-order valence-corrected chi connectivity index (χ1v) is 10.6. The zero-order valence-corrected chi connectivity index (χ0v) is 17.0. The van der Waals surface area contributed by atoms with Gasteiger partial charge < -0.3 is 24.8 Å². The van der Waals surface area contributed by atoms with Gasteiger partial charge in [-0.2, -0.15) is 0 Å². The predicted octanol–water partition coefficient (Wildman–Crippen LogP) is 2.65. The van der Waals surface area contributed by atoms with Crippen LogP contribution < -0.4 is 15.4 Å². The second kappa shape index (κ2) is 11.9. The highest BCUT2D eigenvalue weighted by Gasteiger charge is 2.17. The minimum absolute atomic E-state index is 0.297. The van der Waals surface area contributed by atoms with E-state index in [4.69, 9.17) is 14.2 Å². The summed E-state index contributed by atoms with van der Waals surface area (Å²) in [6.07, 6.45) is 10.4. The van der Waals surface area contributed by atoms with Crippen LogP contribution in [0.4, 0.5) is 0 Å². The van der Waals surface area contributed by atoms with Crippen molar-refractivity contribution in [2.24, 2.45) is 4.99 Å². The van der Waals surface area contributed by atoms with Gasteiger partial charge in [0.05, 0.1) is 12.7 Å². The molecule has 2 N–H and O–H groups in total. The lowest BCUT2D eigenvalue weighted by molar-refractivity contribution is 0.0168. The van der Waals surface area contributed by atoms with Crippen LogP contribution in [0.5, 0.6) is 5.88 Å². The molecule has 1 aliphatic carbocycles. The lowest BCUT2D eigenvalue weighted by Gasteiger charge is -2.14. The molecule has 7 nitrogen and oxygen atoms in total. The lowest BCUT2D eigenvalue weighted by atomic mass is 10.2. The molecule has 2 heterocycles. The van der Waals surface area contributed by atoms with Crippen LogP contribution in [0.2, 0.25) is 0 Å². The SMILES string of the molecule is CN=C(NCCCOCC1CCCO1)NCc1ccnc(OC2CCCC2)c1. The number of aromatic nitrogens is 1. The fraction of sp³-hybridized carbons (Fsp3) is 0.714. The molecule has 1 aromatic rings. The highest BCUT2D eigenvalue weighted by atomic mass is 16.5. The van der Waals surface area contributed by atoms with Gasteiger partial charge in [-0.1, -0.05) is 0 Å². The Morgan fingerprint density at radius 1 is 1.25 bits per heavy atom. The van der Waals surface area contributed by atoms with Crippen molar-refractivity contribution in [3.05, 3.63) is 23.9 Å². The van der Waals surface area contributed by atoms with Crippen LogP contribution in [0.3, 0.4) is 0 Å². The summed E-state index contributed by atoms with van der Waals surface area (Å²) in [7, 11) is 1.78. The number of guanidine groups is 1. The van der Waals surface area contributed by atoms with E-state index in [0.29, 0.717) is 25.4 Å². The van der Waals surface area contributed by atoms with Crippen molar-refractivity contribution in [1.29, 1.82) is 0 Å². The molecule has 1 aromatic heterocycles. The molecule has 1 unspecified atom stereocenters. The van der Waals surface area contributed by atoms with Gasteiger partial charge in [-0.3, -0.25) is 4.99 Å². The van der Waals surface area contributed by atoms with Gasteiger partial charge >= 0.3 is 0 Å². The molecule has 1 atom stereocenters. The summed E-state index contributed by atoms with van der Waals surface area (Å²) in [4.78, 5) is 8.61. The van der Waals surface area contributed by atoms with Crippen LogP contribution in [0, 0.1) is 0 Å². The largest absolute Gasteiger partial charge is 0.474 e. The van der Waals surface area contributed by atoms with Crippen molar-refractivity contribution in [3.63, 3.8) is 0 Å². The lowest BCUT2D eigenvalue weighted by Crippen LogP contribution is -2.37. The Kier molecular flexibility index (Phi) is 8.84. The fourth-order valence-electron chi connectivity index (χ4n) is 3.58. The van der Waals surface area contributed by atoms with Crippen LogP contribution in [0.15, 0.2) is 23.3 Å². The summed E-state index contributed by atoms with van der Waals surface area (Å²) in [5.74, 6) is 1.51. The van der Waals surface area contributed by atoms with Gasteiger partial charge in [-0.25, -0.2) is 4.98 Å². The Morgan fingerprint density at radius 3 is 2.93 bits per heavy atom. The van der Waals surface area contributed by atoms with E-state index in [2.05, 4.69) is 20.6 Å². The standard InChI is InChI=1S/C21H34N4O3/c1-22-21(24-10-5-12-26-16-19-8-4-13-27-19)25-15-17-9-11-23-20(14-17)28-18-6-2-3-7-18/h9,11,14,18-19H,2-8,10,12-13,15-16H2,1H3,(H2,22,24,25). The maximum atomic E-state index is 5.98. The van der Waals surface area contributed by atoms with Crippen molar-refractivity contribution < 1.29 is 14.2 Å². The summed E-state index contributed by atoms with van der Waals surface area (Å²) in [6, 6.07) is 4.01. The Labute approximate surface area is 168 Å². The summed E-state index contributed by atoms with van der Waals surface area (Å²) in [6.45, 7) is 3.82. The molecule has 2 aliphatic rings. The number of ether oxygens (including phenoxy) is 3. The van der Waals surface area contributed by atoms with E-state index in [1.165, 1.54) is 12.8 Å². The van der Waals surface area contributed by atoms with Crippen LogP contribution in [-0.4, -0.2) is 56.6 Å². The fourth-order valence-corrected chi connectivity index (χ4v) is 3.58. The van der Waals surface area contributed by atoms with Crippen molar-refractivity contribution in [2.45, 2.75) is 63.7 Å². The summed E-state index contributed by atoms with van der Waals surface area (Å²) < 4.78 is 17.2. The minimum atomic E-state index is 0.297. The molecule has 156 valence electrons. The molecule has 0 bridgehead atoms. The Balaban J connectivity index is 1.30. The molecule has 3 rings (SSSR count). The first-order valence-electron chi connectivity index (χ1n) is 10.6. The molecule has 1 aliphatic heterocycles. The summed E-state index contributed by atoms with van der Waals surface area (Å²) in [5, 5.41) is 6.66. The number of nitrogens with one attached hydrogen (secondary N) is 2. The van der Waals surface area contributed by atoms with Crippen molar-refractivity contribution >= 4 is 5.96 Å². The van der Waals surface area contributed by atoms with Gasteiger partial charge in [0.15, 0.2) is 5.96 Å². The molecular weight excluding hydrogens is 356 g/mol. The van der Waals surface area contributed by atoms with E-state index < -0.39 is 0 Å². The van der Waals surface area contributed by atoms with Gasteiger partial charge in [0.25, 0.3) is 0 Å². The van der Waals surface area contributed by atoms with Gasteiger partial charge in [0.1, 0.15) is 6.10 Å². The molecule has 0 spiro atoms. The van der Waals surface area contributed by atoms with Crippen LogP contribution in [0.1, 0.15) is 50.5 Å². The van der Waals surface area contributed by atoms with Crippen LogP contribution in [0.25, 0.3) is 0 Å². The normalized spacial score (nSPS) is 20.5. The third kappa shape index (κ3) is 7.28. The highest BCUT2D eigenvalue weighted by Crippen LogP contribution is 2.23. The number of nitrogens with zero attached hydrogens (tertiary/aromatic N) is 2. The zero-order valence-electron chi connectivity index (χ0n) is 17.0. The molecule has 0 aromatic carbocycles.